The van der Waals surface area contributed by atoms with Gasteiger partial charge in [0.1, 0.15) is 0 Å². The second-order valence-corrected chi connectivity index (χ2v) is 8.53. The van der Waals surface area contributed by atoms with Crippen molar-refractivity contribution in [2.24, 2.45) is 0 Å². The van der Waals surface area contributed by atoms with E-state index in [9.17, 15) is 9.59 Å². The average molecular weight is 408 g/mol. The highest BCUT2D eigenvalue weighted by molar-refractivity contribution is 7.99. The summed E-state index contributed by atoms with van der Waals surface area (Å²) in [6, 6.07) is 15.6. The number of hydrogen-bond acceptors (Lipinski definition) is 4. The van der Waals surface area contributed by atoms with Crippen LogP contribution in [0.15, 0.2) is 58.5 Å². The molecule has 0 unspecified atom stereocenters. The number of hydrogen-bond donors (Lipinski definition) is 1. The molecular weight excluding hydrogens is 382 g/mol. The zero-order valence-electron chi connectivity index (χ0n) is 16.7. The van der Waals surface area contributed by atoms with Crippen LogP contribution in [0.4, 0.5) is 5.69 Å². The second kappa shape index (κ2) is 8.41. The molecule has 3 aromatic rings. The molecule has 1 amide bonds. The lowest BCUT2D eigenvalue weighted by atomic mass is 9.99. The summed E-state index contributed by atoms with van der Waals surface area (Å²) in [5.74, 6) is 0.620. The van der Waals surface area contributed by atoms with Gasteiger partial charge in [-0.15, -0.1) is 0 Å². The number of nitrogens with one attached hydrogen (secondary N) is 1. The monoisotopic (exact) mass is 407 g/mol. The molecule has 4 rings (SSSR count). The molecular formula is C23H25N3O2S. The molecule has 0 saturated heterocycles. The van der Waals surface area contributed by atoms with Crippen LogP contribution in [0.2, 0.25) is 0 Å². The summed E-state index contributed by atoms with van der Waals surface area (Å²) >= 11 is 1.32. The molecule has 150 valence electrons. The molecule has 1 aromatic heterocycles. The van der Waals surface area contributed by atoms with Crippen LogP contribution in [-0.4, -0.2) is 21.2 Å². The quantitative estimate of drug-likeness (QED) is 0.443. The lowest BCUT2D eigenvalue weighted by Crippen LogP contribution is -2.23. The molecule has 0 bridgehead atoms. The molecule has 1 N–H and O–H groups in total. The van der Waals surface area contributed by atoms with Crippen LogP contribution >= 0.6 is 11.8 Å². The fraction of sp³-hybridized carbons (Fsp3) is 0.348. The minimum atomic E-state index is -0.101. The van der Waals surface area contributed by atoms with Crippen molar-refractivity contribution < 1.29 is 4.79 Å². The van der Waals surface area contributed by atoms with Gasteiger partial charge in [-0.2, -0.15) is 0 Å². The Labute approximate surface area is 174 Å². The Hall–Kier alpha value is -2.60. The number of benzene rings is 2. The highest BCUT2D eigenvalue weighted by Crippen LogP contribution is 2.36. The molecule has 0 spiro atoms. The molecule has 1 aliphatic rings. The summed E-state index contributed by atoms with van der Waals surface area (Å²) in [6.07, 6.45) is 3.06. The largest absolute Gasteiger partial charge is 0.325 e. The Morgan fingerprint density at radius 1 is 1.21 bits per heavy atom. The van der Waals surface area contributed by atoms with Crippen molar-refractivity contribution in [2.75, 3.05) is 11.1 Å². The smallest absolute Gasteiger partial charge is 0.262 e. The Morgan fingerprint density at radius 3 is 2.62 bits per heavy atom. The van der Waals surface area contributed by atoms with Gasteiger partial charge in [0, 0.05) is 11.7 Å². The van der Waals surface area contributed by atoms with Gasteiger partial charge in [-0.1, -0.05) is 49.9 Å². The van der Waals surface area contributed by atoms with Gasteiger partial charge in [0.15, 0.2) is 5.16 Å². The Morgan fingerprint density at radius 2 is 1.93 bits per heavy atom. The maximum absolute atomic E-state index is 12.9. The van der Waals surface area contributed by atoms with E-state index in [0.29, 0.717) is 22.0 Å². The fourth-order valence-electron chi connectivity index (χ4n) is 3.34. The van der Waals surface area contributed by atoms with Gasteiger partial charge in [-0.05, 0) is 55.0 Å². The van der Waals surface area contributed by atoms with Crippen LogP contribution in [-0.2, 0) is 4.79 Å². The van der Waals surface area contributed by atoms with Gasteiger partial charge >= 0.3 is 0 Å². The fourth-order valence-corrected chi connectivity index (χ4v) is 4.21. The predicted octanol–water partition coefficient (Wildman–Crippen LogP) is 4.98. The molecule has 6 heteroatoms. The molecule has 5 nitrogen and oxygen atoms in total. The van der Waals surface area contributed by atoms with Gasteiger partial charge in [0.25, 0.3) is 5.56 Å². The van der Waals surface area contributed by atoms with E-state index < -0.39 is 0 Å². The van der Waals surface area contributed by atoms with E-state index in [1.54, 1.807) is 4.57 Å². The average Bonchev–Trinajstić information content (AvgIpc) is 3.57. The number of rotatable bonds is 7. The Balaban J connectivity index is 1.47. The molecule has 1 fully saturated rings. The van der Waals surface area contributed by atoms with Crippen molar-refractivity contribution in [1.29, 1.82) is 0 Å². The minimum Gasteiger partial charge on any atom is -0.325 e. The third kappa shape index (κ3) is 4.37. The van der Waals surface area contributed by atoms with E-state index in [0.717, 1.165) is 24.9 Å². The molecule has 0 radical (unpaired) electrons. The van der Waals surface area contributed by atoms with Crippen LogP contribution in [0, 0.1) is 0 Å². The van der Waals surface area contributed by atoms with Crippen molar-refractivity contribution >= 4 is 34.3 Å². The first-order chi connectivity index (χ1) is 14.1. The third-order valence-electron chi connectivity index (χ3n) is 5.40. The van der Waals surface area contributed by atoms with Gasteiger partial charge in [-0.25, -0.2) is 4.98 Å². The number of carbonyl (C=O) groups is 1. The van der Waals surface area contributed by atoms with Crippen molar-refractivity contribution in [3.8, 4) is 0 Å². The zero-order chi connectivity index (χ0) is 20.4. The van der Waals surface area contributed by atoms with Gasteiger partial charge in [0.05, 0.1) is 16.7 Å². The van der Waals surface area contributed by atoms with E-state index in [2.05, 4.69) is 36.3 Å². The number of carbonyl (C=O) groups excluding carboxylic acids is 1. The first-order valence-corrected chi connectivity index (χ1v) is 11.1. The maximum Gasteiger partial charge on any atom is 0.262 e. The molecule has 2 aromatic carbocycles. The summed E-state index contributed by atoms with van der Waals surface area (Å²) in [5.41, 5.74) is 2.72. The van der Waals surface area contributed by atoms with Crippen molar-refractivity contribution in [2.45, 2.75) is 50.2 Å². The van der Waals surface area contributed by atoms with Crippen LogP contribution in [0.5, 0.6) is 0 Å². The van der Waals surface area contributed by atoms with E-state index in [1.807, 2.05) is 36.4 Å². The third-order valence-corrected chi connectivity index (χ3v) is 6.35. The first-order valence-electron chi connectivity index (χ1n) is 10.1. The number of amides is 1. The lowest BCUT2D eigenvalue weighted by molar-refractivity contribution is -0.113. The van der Waals surface area contributed by atoms with E-state index in [1.165, 1.54) is 17.3 Å². The number of thioether (sulfide) groups is 1. The zero-order valence-corrected chi connectivity index (χ0v) is 17.5. The predicted molar refractivity (Wildman–Crippen MR) is 119 cm³/mol. The number of anilines is 1. The van der Waals surface area contributed by atoms with Crippen molar-refractivity contribution in [1.82, 2.24) is 9.55 Å². The topological polar surface area (TPSA) is 64.0 Å². The lowest BCUT2D eigenvalue weighted by Gasteiger charge is -2.13. The molecule has 1 atom stereocenters. The van der Waals surface area contributed by atoms with E-state index >= 15 is 0 Å². The molecule has 29 heavy (non-hydrogen) atoms. The van der Waals surface area contributed by atoms with Gasteiger partial charge < -0.3 is 5.32 Å². The number of fused-ring (bicyclic) bond motifs is 1. The van der Waals surface area contributed by atoms with Gasteiger partial charge in [0.2, 0.25) is 5.91 Å². The summed E-state index contributed by atoms with van der Waals surface area (Å²) in [7, 11) is 0. The van der Waals surface area contributed by atoms with Crippen LogP contribution < -0.4 is 10.9 Å². The number of nitrogens with zero attached hydrogens (tertiary/aromatic N) is 2. The van der Waals surface area contributed by atoms with E-state index in [-0.39, 0.29) is 23.3 Å². The summed E-state index contributed by atoms with van der Waals surface area (Å²) < 4.78 is 1.77. The maximum atomic E-state index is 12.9. The molecule has 1 heterocycles. The summed E-state index contributed by atoms with van der Waals surface area (Å²) in [4.78, 5) is 30.0. The van der Waals surface area contributed by atoms with E-state index in [4.69, 9.17) is 0 Å². The summed E-state index contributed by atoms with van der Waals surface area (Å²) in [5, 5.41) is 4.19. The highest BCUT2D eigenvalue weighted by Gasteiger charge is 2.28. The summed E-state index contributed by atoms with van der Waals surface area (Å²) in [6.45, 7) is 4.36. The molecule has 0 aliphatic heterocycles. The van der Waals surface area contributed by atoms with Crippen molar-refractivity contribution in [3.63, 3.8) is 0 Å². The highest BCUT2D eigenvalue weighted by atomic mass is 32.2. The Kier molecular flexibility index (Phi) is 5.72. The first kappa shape index (κ1) is 19.7. The normalized spacial score (nSPS) is 14.7. The molecule has 1 aliphatic carbocycles. The Bertz CT molecular complexity index is 1090. The number of para-hydroxylation sites is 1. The van der Waals surface area contributed by atoms with Gasteiger partial charge in [-0.3, -0.25) is 14.2 Å². The standard InChI is InChI=1S/C23H25N3O2S/c1-3-15(2)16-8-10-17(11-9-16)24-21(27)14-29-23-25-20-7-5-4-6-19(20)22(28)26(23)18-12-13-18/h4-11,15,18H,3,12-14H2,1-2H3,(H,24,27)/t15-/m1/s1. The SMILES string of the molecule is CC[C@@H](C)c1ccc(NC(=O)CSc2nc3ccccc3c(=O)n2C2CC2)cc1. The van der Waals surface area contributed by atoms with Crippen LogP contribution in [0.1, 0.15) is 50.6 Å². The number of aromatic nitrogens is 2. The minimum absolute atomic E-state index is 0.0124. The van der Waals surface area contributed by atoms with Crippen LogP contribution in [0.25, 0.3) is 10.9 Å². The second-order valence-electron chi connectivity index (χ2n) is 7.59. The van der Waals surface area contributed by atoms with Crippen LogP contribution in [0.3, 0.4) is 0 Å². The van der Waals surface area contributed by atoms with Crippen molar-refractivity contribution in [3.05, 3.63) is 64.4 Å². The molecule has 1 saturated carbocycles.